The molecular weight excluding hydrogens is 546 g/mol. The molecule has 2 heterocycles. The fourth-order valence-corrected chi connectivity index (χ4v) is 6.41. The number of thiazole rings is 1. The van der Waals surface area contributed by atoms with E-state index in [0.29, 0.717) is 47.2 Å². The molecule has 0 spiro atoms. The number of benzene rings is 2. The molecule has 1 aromatic heterocycles. The van der Waals surface area contributed by atoms with Crippen LogP contribution in [0.2, 0.25) is 0 Å². The summed E-state index contributed by atoms with van der Waals surface area (Å²) >= 11 is 1.27. The molecule has 0 saturated carbocycles. The molecule has 0 unspecified atom stereocenters. The van der Waals surface area contributed by atoms with E-state index < -0.39 is 19.7 Å². The molecule has 0 N–H and O–H groups in total. The number of carbonyl (C=O) groups excluding carboxylic acids is 1. The van der Waals surface area contributed by atoms with Crippen molar-refractivity contribution in [1.82, 2.24) is 9.88 Å². The summed E-state index contributed by atoms with van der Waals surface area (Å²) in [4.78, 5) is 22.1. The molecule has 0 atom stereocenters. The van der Waals surface area contributed by atoms with E-state index in [2.05, 4.69) is 9.88 Å². The summed E-state index contributed by atoms with van der Waals surface area (Å²) in [5.41, 5.74) is 1.04. The number of fused-ring (bicyclic) bond motifs is 1. The van der Waals surface area contributed by atoms with Gasteiger partial charge in [0.1, 0.15) is 5.52 Å². The van der Waals surface area contributed by atoms with Crippen molar-refractivity contribution in [2.45, 2.75) is 16.2 Å². The normalized spacial score (nSPS) is 14.9. The van der Waals surface area contributed by atoms with Gasteiger partial charge in [0.05, 0.1) is 34.1 Å². The standard InChI is InChI=1S/C23H27N3O6S3.ClH/c1-34(28,29)18-8-6-17(7-9-18)16-21(27)26(11-10-25-12-14-32-15-13-25)23-24-22-19(33-23)4-3-5-20(22)35(2,30)31;/h3-9H,10-16H2,1-2H3;1H. The fourth-order valence-electron chi connectivity index (χ4n) is 3.84. The van der Waals surface area contributed by atoms with Gasteiger partial charge in [-0.2, -0.15) is 0 Å². The topological polar surface area (TPSA) is 114 Å². The Kier molecular flexibility index (Phi) is 9.12. The monoisotopic (exact) mass is 573 g/mol. The summed E-state index contributed by atoms with van der Waals surface area (Å²) in [5, 5.41) is 0.433. The van der Waals surface area contributed by atoms with Crippen LogP contribution in [0.5, 0.6) is 0 Å². The second-order valence-corrected chi connectivity index (χ2v) is 13.5. The predicted octanol–water partition coefficient (Wildman–Crippen LogP) is 2.43. The summed E-state index contributed by atoms with van der Waals surface area (Å²) in [6.45, 7) is 3.82. The number of aromatic nitrogens is 1. The predicted molar refractivity (Wildman–Crippen MR) is 143 cm³/mol. The van der Waals surface area contributed by atoms with Crippen molar-refractivity contribution in [2.75, 3.05) is 56.8 Å². The van der Waals surface area contributed by atoms with Gasteiger partial charge >= 0.3 is 0 Å². The van der Waals surface area contributed by atoms with Gasteiger partial charge in [0.2, 0.25) is 5.91 Å². The minimum Gasteiger partial charge on any atom is -0.379 e. The first-order valence-electron chi connectivity index (χ1n) is 11.0. The van der Waals surface area contributed by atoms with Gasteiger partial charge in [-0.05, 0) is 29.8 Å². The second-order valence-electron chi connectivity index (χ2n) is 8.46. The molecule has 1 fully saturated rings. The number of anilines is 1. The van der Waals surface area contributed by atoms with Crippen molar-refractivity contribution >= 4 is 64.7 Å². The van der Waals surface area contributed by atoms with Crippen LogP contribution >= 0.6 is 23.7 Å². The molecule has 2 aromatic carbocycles. The lowest BCUT2D eigenvalue weighted by Gasteiger charge is -2.29. The second kappa shape index (κ2) is 11.5. The zero-order valence-corrected chi connectivity index (χ0v) is 23.2. The lowest BCUT2D eigenvalue weighted by atomic mass is 10.1. The third kappa shape index (κ3) is 6.81. The molecule has 4 rings (SSSR count). The molecule has 13 heteroatoms. The lowest BCUT2D eigenvalue weighted by molar-refractivity contribution is -0.118. The van der Waals surface area contributed by atoms with Crippen LogP contribution in [-0.4, -0.2) is 84.5 Å². The number of halogens is 1. The summed E-state index contributed by atoms with van der Waals surface area (Å²) in [7, 11) is -6.81. The molecular formula is C23H28ClN3O6S3. The maximum atomic E-state index is 13.4. The van der Waals surface area contributed by atoms with Crippen LogP contribution in [-0.2, 0) is 35.6 Å². The van der Waals surface area contributed by atoms with Gasteiger partial charge in [0.15, 0.2) is 24.8 Å². The lowest BCUT2D eigenvalue weighted by Crippen LogP contribution is -2.43. The quantitative estimate of drug-likeness (QED) is 0.404. The Labute approximate surface area is 221 Å². The molecule has 1 aliphatic rings. The van der Waals surface area contributed by atoms with Crippen LogP contribution in [0.15, 0.2) is 52.3 Å². The minimum atomic E-state index is -3.49. The van der Waals surface area contributed by atoms with Crippen LogP contribution in [0.4, 0.5) is 5.13 Å². The zero-order chi connectivity index (χ0) is 25.2. The summed E-state index contributed by atoms with van der Waals surface area (Å²) < 4.78 is 54.1. The van der Waals surface area contributed by atoms with E-state index in [-0.39, 0.29) is 34.5 Å². The first kappa shape index (κ1) is 28.5. The Morgan fingerprint density at radius 2 is 1.69 bits per heavy atom. The highest BCUT2D eigenvalue weighted by molar-refractivity contribution is 7.91. The van der Waals surface area contributed by atoms with Gasteiger partial charge in [-0.15, -0.1) is 12.4 Å². The number of hydrogen-bond donors (Lipinski definition) is 0. The molecule has 3 aromatic rings. The van der Waals surface area contributed by atoms with Gasteiger partial charge < -0.3 is 4.74 Å². The third-order valence-corrected chi connectivity index (χ3v) is 9.05. The Hall–Kier alpha value is -2.09. The van der Waals surface area contributed by atoms with Gasteiger partial charge in [-0.25, -0.2) is 21.8 Å². The Morgan fingerprint density at radius 1 is 1.03 bits per heavy atom. The third-order valence-electron chi connectivity index (χ3n) is 5.75. The Morgan fingerprint density at radius 3 is 2.31 bits per heavy atom. The molecule has 36 heavy (non-hydrogen) atoms. The minimum absolute atomic E-state index is 0. The summed E-state index contributed by atoms with van der Waals surface area (Å²) in [5.74, 6) is -0.203. The number of para-hydroxylation sites is 1. The number of nitrogens with zero attached hydrogens (tertiary/aromatic N) is 3. The highest BCUT2D eigenvalue weighted by Gasteiger charge is 2.24. The van der Waals surface area contributed by atoms with Crippen molar-refractivity contribution in [3.63, 3.8) is 0 Å². The largest absolute Gasteiger partial charge is 0.379 e. The van der Waals surface area contributed by atoms with Crippen LogP contribution in [0, 0.1) is 0 Å². The molecule has 1 aliphatic heterocycles. The molecule has 0 aliphatic carbocycles. The maximum Gasteiger partial charge on any atom is 0.233 e. The number of amides is 1. The van der Waals surface area contributed by atoms with Gasteiger partial charge in [-0.1, -0.05) is 29.5 Å². The van der Waals surface area contributed by atoms with E-state index in [0.717, 1.165) is 25.6 Å². The van der Waals surface area contributed by atoms with Crippen LogP contribution < -0.4 is 4.90 Å². The number of ether oxygens (including phenoxy) is 1. The van der Waals surface area contributed by atoms with Gasteiger partial charge in [-0.3, -0.25) is 14.6 Å². The average Bonchev–Trinajstić information content (AvgIpc) is 3.23. The molecule has 0 bridgehead atoms. The van der Waals surface area contributed by atoms with E-state index in [1.807, 2.05) is 0 Å². The van der Waals surface area contributed by atoms with Gasteiger partial charge in [0.25, 0.3) is 0 Å². The molecule has 196 valence electrons. The van der Waals surface area contributed by atoms with Crippen LogP contribution in [0.3, 0.4) is 0 Å². The number of hydrogen-bond acceptors (Lipinski definition) is 9. The van der Waals surface area contributed by atoms with E-state index in [1.54, 1.807) is 29.2 Å². The van der Waals surface area contributed by atoms with E-state index in [4.69, 9.17) is 4.74 Å². The van der Waals surface area contributed by atoms with Crippen molar-refractivity contribution in [2.24, 2.45) is 0 Å². The van der Waals surface area contributed by atoms with Crippen molar-refractivity contribution in [1.29, 1.82) is 0 Å². The average molecular weight is 574 g/mol. The molecule has 9 nitrogen and oxygen atoms in total. The number of rotatable bonds is 8. The molecule has 1 saturated heterocycles. The Bertz CT molecular complexity index is 1430. The number of sulfone groups is 2. The zero-order valence-electron chi connectivity index (χ0n) is 19.9. The highest BCUT2D eigenvalue weighted by Crippen LogP contribution is 2.33. The number of morpholine rings is 1. The Balaban J connectivity index is 0.00000361. The van der Waals surface area contributed by atoms with Gasteiger partial charge in [0, 0.05) is 38.7 Å². The molecule has 1 amide bonds. The van der Waals surface area contributed by atoms with E-state index in [1.165, 1.54) is 29.5 Å². The van der Waals surface area contributed by atoms with Crippen molar-refractivity contribution in [3.8, 4) is 0 Å². The van der Waals surface area contributed by atoms with Crippen molar-refractivity contribution in [3.05, 3.63) is 48.0 Å². The maximum absolute atomic E-state index is 13.4. The number of carbonyl (C=O) groups is 1. The van der Waals surface area contributed by atoms with E-state index >= 15 is 0 Å². The van der Waals surface area contributed by atoms with Crippen LogP contribution in [0.25, 0.3) is 10.2 Å². The van der Waals surface area contributed by atoms with Crippen LogP contribution in [0.1, 0.15) is 5.56 Å². The SMILES string of the molecule is CS(=O)(=O)c1ccc(CC(=O)N(CCN2CCOCC2)c2nc3c(S(C)(=O)=O)cccc3s2)cc1.Cl. The first-order chi connectivity index (χ1) is 16.5. The smallest absolute Gasteiger partial charge is 0.233 e. The van der Waals surface area contributed by atoms with E-state index in [9.17, 15) is 21.6 Å². The summed E-state index contributed by atoms with van der Waals surface area (Å²) in [6.07, 6.45) is 2.34. The summed E-state index contributed by atoms with van der Waals surface area (Å²) in [6, 6.07) is 11.2. The molecule has 0 radical (unpaired) electrons. The highest BCUT2D eigenvalue weighted by atomic mass is 35.5. The fraction of sp³-hybridized carbons (Fsp3) is 0.391. The van der Waals surface area contributed by atoms with Crippen molar-refractivity contribution < 1.29 is 26.4 Å². The first-order valence-corrected chi connectivity index (χ1v) is 15.6.